The number of thiocarbonyl (C=S) groups is 1. The number of para-hydroxylation sites is 1. The highest BCUT2D eigenvalue weighted by atomic mass is 32.1. The van der Waals surface area contributed by atoms with E-state index in [2.05, 4.69) is 61.7 Å². The molecule has 0 unspecified atom stereocenters. The van der Waals surface area contributed by atoms with E-state index in [1.807, 2.05) is 12.1 Å². The molecule has 0 fully saturated rings. The molecule has 0 aliphatic carbocycles. The molecule has 3 nitrogen and oxygen atoms in total. The van der Waals surface area contributed by atoms with Gasteiger partial charge in [-0.1, -0.05) is 31.2 Å². The van der Waals surface area contributed by atoms with Crippen LogP contribution in [-0.4, -0.2) is 18.3 Å². The molecule has 25 heavy (non-hydrogen) atoms. The Labute approximate surface area is 156 Å². The van der Waals surface area contributed by atoms with Crippen LogP contribution in [0.1, 0.15) is 36.5 Å². The van der Waals surface area contributed by atoms with Crippen LogP contribution in [0.15, 0.2) is 42.5 Å². The predicted molar refractivity (Wildman–Crippen MR) is 111 cm³/mol. The first-order valence-corrected chi connectivity index (χ1v) is 9.33. The van der Waals surface area contributed by atoms with Gasteiger partial charge in [0, 0.05) is 12.2 Å². The van der Waals surface area contributed by atoms with Crippen molar-refractivity contribution in [3.8, 4) is 5.75 Å². The highest BCUT2D eigenvalue weighted by molar-refractivity contribution is 7.80. The monoisotopic (exact) mass is 356 g/mol. The molecule has 0 saturated heterocycles. The van der Waals surface area contributed by atoms with Crippen molar-refractivity contribution in [2.24, 2.45) is 0 Å². The molecule has 0 aliphatic rings. The lowest BCUT2D eigenvalue weighted by atomic mass is 10.1. The fraction of sp³-hybridized carbons (Fsp3) is 0.381. The average Bonchev–Trinajstić information content (AvgIpc) is 2.56. The first kappa shape index (κ1) is 19.3. The Kier molecular flexibility index (Phi) is 7.74. The van der Waals surface area contributed by atoms with Crippen molar-refractivity contribution in [3.05, 3.63) is 59.2 Å². The number of benzene rings is 2. The molecule has 2 aromatic rings. The van der Waals surface area contributed by atoms with Crippen LogP contribution < -0.4 is 15.4 Å². The summed E-state index contributed by atoms with van der Waals surface area (Å²) in [4.78, 5) is 0. The minimum atomic E-state index is 0.667. The van der Waals surface area contributed by atoms with Crippen LogP contribution in [0.2, 0.25) is 0 Å². The summed E-state index contributed by atoms with van der Waals surface area (Å²) in [6.07, 6.45) is 2.99. The van der Waals surface area contributed by atoms with Crippen molar-refractivity contribution in [1.29, 1.82) is 0 Å². The molecule has 0 bridgehead atoms. The van der Waals surface area contributed by atoms with Crippen molar-refractivity contribution in [1.82, 2.24) is 5.32 Å². The Morgan fingerprint density at radius 3 is 2.52 bits per heavy atom. The standard InChI is InChI=1S/C21H28N2OS/c1-4-12-24-20-10-6-5-8-18(20)9-7-11-22-21(25)23-19-14-16(2)13-17(3)15-19/h5-6,8,10,13-15H,4,7,9,11-12H2,1-3H3,(H2,22,23,25). The van der Waals surface area contributed by atoms with Crippen LogP contribution >= 0.6 is 12.2 Å². The molecule has 2 rings (SSSR count). The van der Waals surface area contributed by atoms with Crippen molar-refractivity contribution >= 4 is 23.0 Å². The zero-order chi connectivity index (χ0) is 18.1. The second-order valence-electron chi connectivity index (χ2n) is 6.32. The molecule has 0 aliphatic heterocycles. The Bertz CT molecular complexity index is 680. The minimum Gasteiger partial charge on any atom is -0.493 e. The number of anilines is 1. The molecule has 2 aromatic carbocycles. The van der Waals surface area contributed by atoms with Crippen LogP contribution in [0.25, 0.3) is 0 Å². The predicted octanol–water partition coefficient (Wildman–Crippen LogP) is 5.01. The van der Waals surface area contributed by atoms with Crippen molar-refractivity contribution in [3.63, 3.8) is 0 Å². The Morgan fingerprint density at radius 2 is 1.80 bits per heavy atom. The van der Waals surface area contributed by atoms with Gasteiger partial charge in [-0.15, -0.1) is 0 Å². The van der Waals surface area contributed by atoms with Gasteiger partial charge in [0.2, 0.25) is 0 Å². The molecule has 0 amide bonds. The fourth-order valence-corrected chi connectivity index (χ4v) is 2.99. The lowest BCUT2D eigenvalue weighted by Crippen LogP contribution is -2.29. The smallest absolute Gasteiger partial charge is 0.170 e. The number of ether oxygens (including phenoxy) is 1. The third kappa shape index (κ3) is 6.75. The molecule has 0 radical (unpaired) electrons. The van der Waals surface area contributed by atoms with Gasteiger partial charge in [-0.2, -0.15) is 0 Å². The van der Waals surface area contributed by atoms with Gasteiger partial charge in [-0.3, -0.25) is 0 Å². The van der Waals surface area contributed by atoms with Crippen LogP contribution in [0.4, 0.5) is 5.69 Å². The SMILES string of the molecule is CCCOc1ccccc1CCCNC(=S)Nc1cc(C)cc(C)c1. The number of hydrogen-bond donors (Lipinski definition) is 2. The molecular formula is C21H28N2OS. The summed E-state index contributed by atoms with van der Waals surface area (Å²) in [5.41, 5.74) is 4.75. The normalized spacial score (nSPS) is 10.4. The zero-order valence-corrected chi connectivity index (χ0v) is 16.2. The number of hydrogen-bond acceptors (Lipinski definition) is 2. The summed E-state index contributed by atoms with van der Waals surface area (Å²) in [6, 6.07) is 14.6. The van der Waals surface area contributed by atoms with Crippen LogP contribution in [-0.2, 0) is 6.42 Å². The maximum atomic E-state index is 5.81. The summed E-state index contributed by atoms with van der Waals surface area (Å²) < 4.78 is 5.81. The summed E-state index contributed by atoms with van der Waals surface area (Å²) >= 11 is 5.39. The van der Waals surface area contributed by atoms with Gasteiger partial charge in [0.15, 0.2) is 5.11 Å². The fourth-order valence-electron chi connectivity index (χ4n) is 2.77. The van der Waals surface area contributed by atoms with Crippen LogP contribution in [0.3, 0.4) is 0 Å². The first-order chi connectivity index (χ1) is 12.1. The molecule has 0 atom stereocenters. The van der Waals surface area contributed by atoms with Gasteiger partial charge < -0.3 is 15.4 Å². The Hall–Kier alpha value is -2.07. The summed E-state index contributed by atoms with van der Waals surface area (Å²) in [7, 11) is 0. The van der Waals surface area contributed by atoms with E-state index in [4.69, 9.17) is 17.0 Å². The molecule has 0 heterocycles. The third-order valence-corrected chi connectivity index (χ3v) is 4.07. The second kappa shape index (κ2) is 10.0. The summed E-state index contributed by atoms with van der Waals surface area (Å²) in [5, 5.41) is 7.21. The number of rotatable bonds is 8. The molecule has 0 spiro atoms. The summed E-state index contributed by atoms with van der Waals surface area (Å²) in [6.45, 7) is 7.90. The highest BCUT2D eigenvalue weighted by Gasteiger charge is 2.03. The second-order valence-corrected chi connectivity index (χ2v) is 6.73. The molecule has 4 heteroatoms. The lowest BCUT2D eigenvalue weighted by molar-refractivity contribution is 0.314. The van der Waals surface area contributed by atoms with Gasteiger partial charge in [-0.05, 0) is 80.2 Å². The Balaban J connectivity index is 1.76. The topological polar surface area (TPSA) is 33.3 Å². The maximum Gasteiger partial charge on any atom is 0.170 e. The van der Waals surface area contributed by atoms with Crippen molar-refractivity contribution in [2.75, 3.05) is 18.5 Å². The molecule has 0 saturated carbocycles. The first-order valence-electron chi connectivity index (χ1n) is 8.92. The molecular weight excluding hydrogens is 328 g/mol. The van der Waals surface area contributed by atoms with Gasteiger partial charge in [-0.25, -0.2) is 0 Å². The van der Waals surface area contributed by atoms with Gasteiger partial charge in [0.1, 0.15) is 5.75 Å². The van der Waals surface area contributed by atoms with E-state index in [1.54, 1.807) is 0 Å². The molecule has 2 N–H and O–H groups in total. The van der Waals surface area contributed by atoms with Gasteiger partial charge in [0.25, 0.3) is 0 Å². The quantitative estimate of drug-likeness (QED) is 0.514. The number of aryl methyl sites for hydroxylation is 3. The van der Waals surface area contributed by atoms with Crippen LogP contribution in [0.5, 0.6) is 5.75 Å². The largest absolute Gasteiger partial charge is 0.493 e. The zero-order valence-electron chi connectivity index (χ0n) is 15.4. The third-order valence-electron chi connectivity index (χ3n) is 3.82. The van der Waals surface area contributed by atoms with E-state index in [0.29, 0.717) is 5.11 Å². The average molecular weight is 357 g/mol. The summed E-state index contributed by atoms with van der Waals surface area (Å²) in [5.74, 6) is 1.00. The van der Waals surface area contributed by atoms with E-state index in [9.17, 15) is 0 Å². The van der Waals surface area contributed by atoms with E-state index in [0.717, 1.165) is 43.9 Å². The lowest BCUT2D eigenvalue weighted by Gasteiger charge is -2.13. The van der Waals surface area contributed by atoms with Gasteiger partial charge in [0.05, 0.1) is 6.61 Å². The van der Waals surface area contributed by atoms with Crippen molar-refractivity contribution in [2.45, 2.75) is 40.0 Å². The molecule has 134 valence electrons. The highest BCUT2D eigenvalue weighted by Crippen LogP contribution is 2.19. The minimum absolute atomic E-state index is 0.667. The van der Waals surface area contributed by atoms with E-state index < -0.39 is 0 Å². The molecule has 0 aromatic heterocycles. The van der Waals surface area contributed by atoms with E-state index in [-0.39, 0.29) is 0 Å². The van der Waals surface area contributed by atoms with Crippen LogP contribution in [0, 0.1) is 13.8 Å². The maximum absolute atomic E-state index is 5.81. The van der Waals surface area contributed by atoms with Gasteiger partial charge >= 0.3 is 0 Å². The van der Waals surface area contributed by atoms with E-state index >= 15 is 0 Å². The van der Waals surface area contributed by atoms with Crippen molar-refractivity contribution < 1.29 is 4.74 Å². The Morgan fingerprint density at radius 1 is 1.08 bits per heavy atom. The number of nitrogens with one attached hydrogen (secondary N) is 2. The van der Waals surface area contributed by atoms with E-state index in [1.165, 1.54) is 16.7 Å².